The van der Waals surface area contributed by atoms with E-state index < -0.39 is 10.0 Å². The van der Waals surface area contributed by atoms with Gasteiger partial charge in [-0.2, -0.15) is 11.8 Å². The monoisotopic (exact) mass is 260 g/mol. The number of primary sulfonamides is 1. The molecule has 0 unspecified atom stereocenters. The zero-order valence-electron chi connectivity index (χ0n) is 8.64. The molecule has 0 saturated carbocycles. The number of anilines is 1. The van der Waals surface area contributed by atoms with Gasteiger partial charge in [-0.05, 0) is 24.5 Å². The fraction of sp³-hybridized carbons (Fsp3) is 0.222. The first-order chi connectivity index (χ1) is 7.43. The molecule has 1 aromatic carbocycles. The largest absolute Gasteiger partial charge is 0.325 e. The predicted octanol–water partition coefficient (Wildman–Crippen LogP) is 0.635. The molecule has 0 aliphatic carbocycles. The van der Waals surface area contributed by atoms with Crippen molar-refractivity contribution < 1.29 is 13.2 Å². The van der Waals surface area contributed by atoms with Crippen molar-refractivity contribution in [2.75, 3.05) is 17.3 Å². The van der Waals surface area contributed by atoms with Gasteiger partial charge in [0.25, 0.3) is 0 Å². The first-order valence-electron chi connectivity index (χ1n) is 4.35. The molecule has 0 spiro atoms. The summed E-state index contributed by atoms with van der Waals surface area (Å²) >= 11 is 1.38. The normalized spacial score (nSPS) is 11.1. The zero-order chi connectivity index (χ0) is 12.2. The highest BCUT2D eigenvalue weighted by Gasteiger charge is 2.08. The van der Waals surface area contributed by atoms with Gasteiger partial charge in [-0.1, -0.05) is 6.07 Å². The van der Waals surface area contributed by atoms with Crippen LogP contribution in [0.25, 0.3) is 0 Å². The molecular weight excluding hydrogens is 248 g/mol. The Morgan fingerprint density at radius 3 is 2.75 bits per heavy atom. The highest BCUT2D eigenvalue weighted by molar-refractivity contribution is 7.99. The summed E-state index contributed by atoms with van der Waals surface area (Å²) in [5.74, 6) is 0.138. The van der Waals surface area contributed by atoms with E-state index in [2.05, 4.69) is 5.32 Å². The molecule has 5 nitrogen and oxygen atoms in total. The SMILES string of the molecule is CSCC(=O)Nc1cccc(S(N)(=O)=O)c1. The molecule has 0 aliphatic heterocycles. The van der Waals surface area contributed by atoms with Gasteiger partial charge in [0, 0.05) is 5.69 Å². The van der Waals surface area contributed by atoms with E-state index in [-0.39, 0.29) is 10.8 Å². The van der Waals surface area contributed by atoms with Crippen molar-refractivity contribution in [3.63, 3.8) is 0 Å². The summed E-state index contributed by atoms with van der Waals surface area (Å²) in [5, 5.41) is 7.55. The first-order valence-corrected chi connectivity index (χ1v) is 7.29. The van der Waals surface area contributed by atoms with Crippen LogP contribution in [0.15, 0.2) is 29.2 Å². The van der Waals surface area contributed by atoms with Crippen LogP contribution < -0.4 is 10.5 Å². The van der Waals surface area contributed by atoms with E-state index in [1.807, 2.05) is 0 Å². The molecule has 1 rings (SSSR count). The number of nitrogens with one attached hydrogen (secondary N) is 1. The maximum absolute atomic E-state index is 11.3. The van der Waals surface area contributed by atoms with Crippen LogP contribution >= 0.6 is 11.8 Å². The molecule has 3 N–H and O–H groups in total. The molecule has 7 heteroatoms. The van der Waals surface area contributed by atoms with Crippen LogP contribution in [-0.2, 0) is 14.8 Å². The number of rotatable bonds is 4. The van der Waals surface area contributed by atoms with Gasteiger partial charge in [0.15, 0.2) is 0 Å². The van der Waals surface area contributed by atoms with Crippen molar-refractivity contribution >= 4 is 33.4 Å². The topological polar surface area (TPSA) is 89.3 Å². The van der Waals surface area contributed by atoms with E-state index in [9.17, 15) is 13.2 Å². The molecular formula is C9H12N2O3S2. The van der Waals surface area contributed by atoms with E-state index in [0.29, 0.717) is 11.4 Å². The highest BCUT2D eigenvalue weighted by Crippen LogP contribution is 2.14. The molecule has 0 aromatic heterocycles. The lowest BCUT2D eigenvalue weighted by atomic mass is 10.3. The highest BCUT2D eigenvalue weighted by atomic mass is 32.2. The predicted molar refractivity (Wildman–Crippen MR) is 64.8 cm³/mol. The summed E-state index contributed by atoms with van der Waals surface area (Å²) in [7, 11) is -3.73. The molecule has 0 radical (unpaired) electrons. The Morgan fingerprint density at radius 2 is 2.19 bits per heavy atom. The van der Waals surface area contributed by atoms with Gasteiger partial charge in [-0.15, -0.1) is 0 Å². The summed E-state index contributed by atoms with van der Waals surface area (Å²) in [6.07, 6.45) is 1.81. The number of hydrogen-bond acceptors (Lipinski definition) is 4. The van der Waals surface area contributed by atoms with Crippen molar-refractivity contribution in [1.29, 1.82) is 0 Å². The summed E-state index contributed by atoms with van der Waals surface area (Å²) in [4.78, 5) is 11.2. The van der Waals surface area contributed by atoms with Crippen LogP contribution in [0, 0.1) is 0 Å². The third-order valence-electron chi connectivity index (χ3n) is 1.72. The number of benzene rings is 1. The number of hydrogen-bond donors (Lipinski definition) is 2. The van der Waals surface area contributed by atoms with Gasteiger partial charge in [-0.25, -0.2) is 13.6 Å². The zero-order valence-corrected chi connectivity index (χ0v) is 10.3. The Morgan fingerprint density at radius 1 is 1.50 bits per heavy atom. The summed E-state index contributed by atoms with van der Waals surface area (Å²) in [5.41, 5.74) is 0.422. The van der Waals surface area contributed by atoms with Gasteiger partial charge < -0.3 is 5.32 Å². The Bertz CT molecular complexity index is 485. The lowest BCUT2D eigenvalue weighted by Gasteiger charge is -2.05. The van der Waals surface area contributed by atoms with Crippen LogP contribution in [0.1, 0.15) is 0 Å². The minimum Gasteiger partial charge on any atom is -0.325 e. The van der Waals surface area contributed by atoms with Crippen molar-refractivity contribution in [3.05, 3.63) is 24.3 Å². The minimum atomic E-state index is -3.73. The summed E-state index contributed by atoms with van der Waals surface area (Å²) in [6, 6.07) is 5.83. The second-order valence-corrected chi connectivity index (χ2v) is 5.48. The van der Waals surface area contributed by atoms with Crippen molar-refractivity contribution in [1.82, 2.24) is 0 Å². The second-order valence-electron chi connectivity index (χ2n) is 3.05. The average molecular weight is 260 g/mol. The van der Waals surface area contributed by atoms with Crippen LogP contribution in [0.2, 0.25) is 0 Å². The molecule has 1 aromatic rings. The lowest BCUT2D eigenvalue weighted by molar-refractivity contribution is -0.113. The average Bonchev–Trinajstić information content (AvgIpc) is 2.17. The van der Waals surface area contributed by atoms with Crippen LogP contribution in [0.5, 0.6) is 0 Å². The number of nitrogens with two attached hydrogens (primary N) is 1. The smallest absolute Gasteiger partial charge is 0.238 e. The minimum absolute atomic E-state index is 0.0190. The van der Waals surface area contributed by atoms with Crippen molar-refractivity contribution in [2.45, 2.75) is 4.90 Å². The lowest BCUT2D eigenvalue weighted by Crippen LogP contribution is -2.15. The number of sulfonamides is 1. The Balaban J connectivity index is 2.88. The molecule has 0 bridgehead atoms. The maximum Gasteiger partial charge on any atom is 0.238 e. The van der Waals surface area contributed by atoms with Gasteiger partial charge >= 0.3 is 0 Å². The van der Waals surface area contributed by atoms with Gasteiger partial charge in [0.1, 0.15) is 0 Å². The van der Waals surface area contributed by atoms with Crippen LogP contribution in [0.3, 0.4) is 0 Å². The molecule has 0 fully saturated rings. The third-order valence-corrected chi connectivity index (χ3v) is 3.18. The van der Waals surface area contributed by atoms with E-state index in [0.717, 1.165) is 0 Å². The standard InChI is InChI=1S/C9H12N2O3S2/c1-15-6-9(12)11-7-3-2-4-8(5-7)16(10,13)14/h2-5H,6H2,1H3,(H,11,12)(H2,10,13,14). The maximum atomic E-state index is 11.3. The van der Waals surface area contributed by atoms with E-state index >= 15 is 0 Å². The van der Waals surface area contributed by atoms with Gasteiger partial charge in [-0.3, -0.25) is 4.79 Å². The third kappa shape index (κ3) is 3.84. The molecule has 16 heavy (non-hydrogen) atoms. The van der Waals surface area contributed by atoms with Crippen LogP contribution in [-0.4, -0.2) is 26.3 Å². The van der Waals surface area contributed by atoms with E-state index in [1.54, 1.807) is 12.3 Å². The fourth-order valence-corrected chi connectivity index (χ4v) is 1.97. The van der Waals surface area contributed by atoms with E-state index in [4.69, 9.17) is 5.14 Å². The number of carbonyl (C=O) groups is 1. The Labute approximate surface area is 98.5 Å². The molecule has 88 valence electrons. The van der Waals surface area contributed by atoms with Crippen molar-refractivity contribution in [3.8, 4) is 0 Å². The Kier molecular flexibility index (Phi) is 4.34. The van der Waals surface area contributed by atoms with Gasteiger partial charge in [0.05, 0.1) is 10.6 Å². The number of amides is 1. The van der Waals surface area contributed by atoms with Crippen LogP contribution in [0.4, 0.5) is 5.69 Å². The molecule has 0 aliphatic rings. The molecule has 1 amide bonds. The summed E-state index contributed by atoms with van der Waals surface area (Å²) < 4.78 is 22.1. The number of carbonyl (C=O) groups excluding carboxylic acids is 1. The quantitative estimate of drug-likeness (QED) is 0.831. The van der Waals surface area contributed by atoms with Crippen molar-refractivity contribution in [2.24, 2.45) is 5.14 Å². The fourth-order valence-electron chi connectivity index (χ4n) is 1.08. The Hall–Kier alpha value is -1.05. The molecule has 0 atom stereocenters. The number of thioether (sulfide) groups is 1. The van der Waals surface area contributed by atoms with Gasteiger partial charge in [0.2, 0.25) is 15.9 Å². The van der Waals surface area contributed by atoms with E-state index in [1.165, 1.54) is 30.0 Å². The molecule has 0 heterocycles. The second kappa shape index (κ2) is 5.33. The molecule has 0 saturated heterocycles. The summed E-state index contributed by atoms with van der Waals surface area (Å²) in [6.45, 7) is 0. The first kappa shape index (κ1) is 13.0.